The number of hydrogen-bond donors (Lipinski definition) is 2. The fraction of sp³-hybridized carbons (Fsp3) is 0.281. The van der Waals surface area contributed by atoms with Crippen molar-refractivity contribution in [2.45, 2.75) is 45.4 Å². The number of halogens is 2. The molecule has 1 aliphatic rings. The van der Waals surface area contributed by atoms with Crippen molar-refractivity contribution in [1.82, 2.24) is 9.88 Å². The number of nitrogens with one attached hydrogen (secondary N) is 2. The molecule has 0 bridgehead atoms. The minimum atomic E-state index is -0.219. The van der Waals surface area contributed by atoms with Crippen LogP contribution in [0.2, 0.25) is 10.0 Å². The van der Waals surface area contributed by atoms with Gasteiger partial charge in [-0.25, -0.2) is 9.78 Å². The topological polar surface area (TPSA) is 74.3 Å². The molecule has 0 spiro atoms. The number of piperidine rings is 1. The average Bonchev–Trinajstić information content (AvgIpc) is 3.37. The summed E-state index contributed by atoms with van der Waals surface area (Å²) < 4.78 is 0. The number of carbonyl (C=O) groups is 2. The molecule has 3 amide bonds. The number of anilines is 2. The third kappa shape index (κ3) is 6.75. The van der Waals surface area contributed by atoms with Gasteiger partial charge in [0.05, 0.1) is 25.6 Å². The van der Waals surface area contributed by atoms with E-state index >= 15 is 0 Å². The summed E-state index contributed by atoms with van der Waals surface area (Å²) in [4.78, 5) is 33.2. The second kappa shape index (κ2) is 12.6. The highest BCUT2D eigenvalue weighted by molar-refractivity contribution is 7.15. The van der Waals surface area contributed by atoms with E-state index in [4.69, 9.17) is 23.2 Å². The Morgan fingerprint density at radius 1 is 0.927 bits per heavy atom. The Kier molecular flexibility index (Phi) is 8.97. The van der Waals surface area contributed by atoms with Gasteiger partial charge in [-0.2, -0.15) is 0 Å². The molecule has 2 N–H and O–H groups in total. The maximum atomic E-state index is 13.2. The standard InChI is InChI=1S/C32H32Cl2N4O2S/c1-19(2)21-7-9-24(10-8-21)30-29(35-20(3)41-30)31(39)36-25-13-11-22(12-14-25)23-15-17-38(18-16-23)32(40)37-28-26(33)5-4-6-27(28)34/h4-14,19,23H,15-18H2,1-3H3,(H,36,39)(H,37,40). The first-order chi connectivity index (χ1) is 19.7. The first-order valence-electron chi connectivity index (χ1n) is 13.7. The van der Waals surface area contributed by atoms with E-state index in [1.54, 1.807) is 23.1 Å². The minimum Gasteiger partial charge on any atom is -0.324 e. The highest BCUT2D eigenvalue weighted by Gasteiger charge is 2.25. The van der Waals surface area contributed by atoms with Crippen LogP contribution >= 0.6 is 34.5 Å². The molecule has 0 unspecified atom stereocenters. The third-order valence-corrected chi connectivity index (χ3v) is 9.06. The second-order valence-electron chi connectivity index (χ2n) is 10.6. The first-order valence-corrected chi connectivity index (χ1v) is 15.3. The summed E-state index contributed by atoms with van der Waals surface area (Å²) in [5.74, 6) is 0.557. The molecule has 1 saturated heterocycles. The maximum Gasteiger partial charge on any atom is 0.321 e. The molecule has 2 heterocycles. The minimum absolute atomic E-state index is 0.205. The summed E-state index contributed by atoms with van der Waals surface area (Å²) in [7, 11) is 0. The number of hydrogen-bond acceptors (Lipinski definition) is 4. The number of carbonyl (C=O) groups excluding carboxylic acids is 2. The van der Waals surface area contributed by atoms with E-state index in [1.165, 1.54) is 22.5 Å². The van der Waals surface area contributed by atoms with Crippen LogP contribution in [-0.4, -0.2) is 34.9 Å². The van der Waals surface area contributed by atoms with Crippen molar-refractivity contribution in [2.75, 3.05) is 23.7 Å². The highest BCUT2D eigenvalue weighted by Crippen LogP contribution is 2.34. The lowest BCUT2D eigenvalue weighted by Gasteiger charge is -2.32. The molecule has 4 aromatic rings. The van der Waals surface area contributed by atoms with Gasteiger partial charge in [-0.1, -0.05) is 79.5 Å². The van der Waals surface area contributed by atoms with Gasteiger partial charge in [0, 0.05) is 18.8 Å². The van der Waals surface area contributed by atoms with Gasteiger partial charge in [0.15, 0.2) is 0 Å². The number of urea groups is 1. The van der Waals surface area contributed by atoms with Gasteiger partial charge in [-0.05, 0) is 72.6 Å². The van der Waals surface area contributed by atoms with Crippen molar-refractivity contribution >= 4 is 57.9 Å². The Morgan fingerprint density at radius 3 is 2.17 bits per heavy atom. The van der Waals surface area contributed by atoms with Crippen molar-refractivity contribution in [2.24, 2.45) is 0 Å². The van der Waals surface area contributed by atoms with Crippen molar-refractivity contribution in [3.8, 4) is 10.4 Å². The van der Waals surface area contributed by atoms with Gasteiger partial charge in [0.1, 0.15) is 5.69 Å². The van der Waals surface area contributed by atoms with Crippen molar-refractivity contribution < 1.29 is 9.59 Å². The predicted octanol–water partition coefficient (Wildman–Crippen LogP) is 9.21. The molecule has 212 valence electrons. The average molecular weight is 608 g/mol. The number of amides is 3. The first kappa shape index (κ1) is 29.1. The highest BCUT2D eigenvalue weighted by atomic mass is 35.5. The van der Waals surface area contributed by atoms with Crippen LogP contribution in [0.3, 0.4) is 0 Å². The lowest BCUT2D eigenvalue weighted by molar-refractivity contribution is 0.102. The SMILES string of the molecule is Cc1nc(C(=O)Nc2ccc(C3CCN(C(=O)Nc4c(Cl)cccc4Cl)CC3)cc2)c(-c2ccc(C(C)C)cc2)s1. The summed E-state index contributed by atoms with van der Waals surface area (Å²) in [6, 6.07) is 21.3. The Balaban J connectivity index is 1.19. The van der Waals surface area contributed by atoms with E-state index in [-0.39, 0.29) is 11.9 Å². The molecule has 9 heteroatoms. The zero-order chi connectivity index (χ0) is 29.1. The smallest absolute Gasteiger partial charge is 0.321 e. The molecule has 1 fully saturated rings. The molecule has 0 atom stereocenters. The molecule has 1 aliphatic heterocycles. The molecule has 1 aromatic heterocycles. The van der Waals surface area contributed by atoms with Crippen LogP contribution in [0.4, 0.5) is 16.2 Å². The number of rotatable bonds is 6. The van der Waals surface area contributed by atoms with Crippen LogP contribution < -0.4 is 10.6 Å². The van der Waals surface area contributed by atoms with Gasteiger partial charge in [0.2, 0.25) is 0 Å². The molecule has 0 aliphatic carbocycles. The number of likely N-dealkylation sites (tertiary alicyclic amines) is 1. The van der Waals surface area contributed by atoms with Gasteiger partial charge in [-0.3, -0.25) is 4.79 Å². The molecule has 41 heavy (non-hydrogen) atoms. The Labute approximate surface area is 254 Å². The molecule has 3 aromatic carbocycles. The fourth-order valence-corrected chi connectivity index (χ4v) is 6.46. The van der Waals surface area contributed by atoms with Gasteiger partial charge in [-0.15, -0.1) is 11.3 Å². The number of para-hydroxylation sites is 1. The molecule has 0 radical (unpaired) electrons. The van der Waals surface area contributed by atoms with Gasteiger partial charge < -0.3 is 15.5 Å². The zero-order valence-corrected chi connectivity index (χ0v) is 25.5. The lowest BCUT2D eigenvalue weighted by Crippen LogP contribution is -2.40. The fourth-order valence-electron chi connectivity index (χ4n) is 5.04. The van der Waals surface area contributed by atoms with E-state index in [0.29, 0.717) is 46.4 Å². The second-order valence-corrected chi connectivity index (χ2v) is 12.6. The van der Waals surface area contributed by atoms with E-state index in [2.05, 4.69) is 65.9 Å². The van der Waals surface area contributed by atoms with Crippen molar-refractivity contribution in [1.29, 1.82) is 0 Å². The molecular formula is C32H32Cl2N4O2S. The van der Waals surface area contributed by atoms with E-state index in [9.17, 15) is 9.59 Å². The van der Waals surface area contributed by atoms with Crippen molar-refractivity contribution in [3.63, 3.8) is 0 Å². The van der Waals surface area contributed by atoms with E-state index < -0.39 is 0 Å². The van der Waals surface area contributed by atoms with Gasteiger partial charge >= 0.3 is 6.03 Å². The number of benzene rings is 3. The Hall–Kier alpha value is -3.39. The summed E-state index contributed by atoms with van der Waals surface area (Å²) in [5.41, 5.74) is 5.04. The predicted molar refractivity (Wildman–Crippen MR) is 170 cm³/mol. The van der Waals surface area contributed by atoms with Crippen LogP contribution in [0.1, 0.15) is 65.1 Å². The van der Waals surface area contributed by atoms with Gasteiger partial charge in [0.25, 0.3) is 5.91 Å². The van der Waals surface area contributed by atoms with Crippen molar-refractivity contribution in [3.05, 3.63) is 98.6 Å². The molecular weight excluding hydrogens is 575 g/mol. The summed E-state index contributed by atoms with van der Waals surface area (Å²) in [5, 5.41) is 7.53. The Morgan fingerprint density at radius 2 is 1.56 bits per heavy atom. The summed E-state index contributed by atoms with van der Waals surface area (Å²) in [6.45, 7) is 7.50. The van der Waals surface area contributed by atoms with Crippen LogP contribution in [0.15, 0.2) is 66.7 Å². The van der Waals surface area contributed by atoms with Crippen LogP contribution in [0.25, 0.3) is 10.4 Å². The van der Waals surface area contributed by atoms with Crippen LogP contribution in [0.5, 0.6) is 0 Å². The number of thiazole rings is 1. The third-order valence-electron chi connectivity index (χ3n) is 7.41. The van der Waals surface area contributed by atoms with E-state index in [0.717, 1.165) is 34.0 Å². The largest absolute Gasteiger partial charge is 0.324 e. The van der Waals surface area contributed by atoms with Crippen LogP contribution in [0, 0.1) is 6.92 Å². The number of aryl methyl sites for hydroxylation is 1. The number of aromatic nitrogens is 1. The quantitative estimate of drug-likeness (QED) is 0.230. The summed E-state index contributed by atoms with van der Waals surface area (Å²) in [6.07, 6.45) is 1.68. The maximum absolute atomic E-state index is 13.2. The molecule has 5 rings (SSSR count). The normalized spacial score (nSPS) is 13.9. The Bertz CT molecular complexity index is 1520. The molecule has 6 nitrogen and oxygen atoms in total. The lowest BCUT2D eigenvalue weighted by atomic mass is 9.89. The van der Waals surface area contributed by atoms with E-state index in [1.807, 2.05) is 19.1 Å². The summed E-state index contributed by atoms with van der Waals surface area (Å²) >= 11 is 13.9. The number of nitrogens with zero attached hydrogens (tertiary/aromatic N) is 2. The zero-order valence-electron chi connectivity index (χ0n) is 23.2. The monoisotopic (exact) mass is 606 g/mol. The van der Waals surface area contributed by atoms with Crippen LogP contribution in [-0.2, 0) is 0 Å². The molecule has 0 saturated carbocycles.